The molecule has 2 heterocycles. The van der Waals surface area contributed by atoms with Crippen molar-refractivity contribution in [2.24, 2.45) is 0 Å². The Morgan fingerprint density at radius 3 is 0.967 bits per heavy atom. The molecule has 2 aliphatic rings. The number of carbonyl (C=O) groups is 4. The fraction of sp³-hybridized carbons (Fsp3) is 0.217. The molecule has 0 saturated carbocycles. The molecule has 5 aromatic carbocycles. The van der Waals surface area contributed by atoms with Gasteiger partial charge in [-0.25, -0.2) is 7.42 Å². The molecule has 0 bridgehead atoms. The van der Waals surface area contributed by atoms with Crippen LogP contribution in [0.2, 0.25) is 0 Å². The van der Waals surface area contributed by atoms with Crippen molar-refractivity contribution in [2.45, 2.75) is 60.8 Å². The van der Waals surface area contributed by atoms with E-state index in [2.05, 4.69) is 0 Å². The van der Waals surface area contributed by atoms with Gasteiger partial charge in [0.25, 0.3) is 0 Å². The van der Waals surface area contributed by atoms with Crippen molar-refractivity contribution in [1.82, 2.24) is 17.2 Å². The summed E-state index contributed by atoms with van der Waals surface area (Å²) >= 11 is 18.7. The average Bonchev–Trinajstić information content (AvgIpc) is 3.79. The summed E-state index contributed by atoms with van der Waals surface area (Å²) < 4.78 is 3.90. The summed E-state index contributed by atoms with van der Waals surface area (Å²) in [5.74, 6) is 1.17. The topological polar surface area (TPSA) is 81.2 Å². The molecule has 0 aliphatic carbocycles. The number of amides is 4. The van der Waals surface area contributed by atoms with Gasteiger partial charge in [0.1, 0.15) is 22.1 Å². The summed E-state index contributed by atoms with van der Waals surface area (Å²) in [7, 11) is 0. The van der Waals surface area contributed by atoms with Crippen molar-refractivity contribution < 1.29 is 19.2 Å². The van der Waals surface area contributed by atoms with Gasteiger partial charge in [0, 0.05) is 48.7 Å². The van der Waals surface area contributed by atoms with E-state index in [9.17, 15) is 19.2 Å². The first-order valence-corrected chi connectivity index (χ1v) is 24.0. The summed E-state index contributed by atoms with van der Waals surface area (Å²) in [5, 5.41) is 0. The number of rotatable bonds is 18. The Balaban J connectivity index is 1.26. The lowest BCUT2D eigenvalue weighted by atomic mass is 9.98. The third kappa shape index (κ3) is 11.1. The largest absolute Gasteiger partial charge is 0.274 e. The molecule has 7 rings (SSSR count). The molecular weight excluding hydrogens is 865 g/mol. The van der Waals surface area contributed by atoms with Crippen LogP contribution >= 0.6 is 72.2 Å². The molecule has 4 amide bonds. The summed E-state index contributed by atoms with van der Waals surface area (Å²) in [6, 6.07) is 45.7. The maximum atomic E-state index is 13.7. The van der Waals surface area contributed by atoms with Gasteiger partial charge in [-0.15, -0.1) is 0 Å². The van der Waals surface area contributed by atoms with Crippen LogP contribution in [0.1, 0.15) is 71.1 Å². The van der Waals surface area contributed by atoms with Gasteiger partial charge >= 0.3 is 0 Å². The van der Waals surface area contributed by atoms with E-state index >= 15 is 0 Å². The number of likely N-dealkylation sites (tertiary alicyclic amines) is 2. The van der Waals surface area contributed by atoms with Crippen LogP contribution in [0.25, 0.3) is 0 Å². The second kappa shape index (κ2) is 21.4. The molecule has 2 fully saturated rings. The standard InChI is InChI=1S/C46H42N4O4S6/c51-39-24-25-40(52)47(39)43(45(55)49(57-29-33-14-5-1-6-15-33)58-30-34-16-7-2-8-17-34)37-22-13-23-38(28-37)44(48-41(53)26-27-42(48)54)46(56)50(59-31-35-18-9-3-10-19-35)60-32-36-20-11-4-12-21-36/h1-23,28,43-44H,24-27,29-32H2. The lowest BCUT2D eigenvalue weighted by Crippen LogP contribution is -2.42. The number of hydrogen-bond donors (Lipinski definition) is 0. The van der Waals surface area contributed by atoms with Crippen molar-refractivity contribution in [2.75, 3.05) is 0 Å². The van der Waals surface area contributed by atoms with E-state index in [4.69, 9.17) is 24.4 Å². The lowest BCUT2D eigenvalue weighted by Gasteiger charge is -2.35. The molecule has 2 aliphatic heterocycles. The fourth-order valence-electron chi connectivity index (χ4n) is 6.83. The molecule has 2 unspecified atom stereocenters. The number of nitrogens with zero attached hydrogens (tertiary/aromatic N) is 4. The normalized spacial score (nSPS) is 15.0. The van der Waals surface area contributed by atoms with Crippen LogP contribution in [-0.2, 0) is 42.2 Å². The van der Waals surface area contributed by atoms with E-state index in [1.165, 1.54) is 57.6 Å². The first kappa shape index (κ1) is 43.6. The van der Waals surface area contributed by atoms with Gasteiger partial charge in [-0.05, 0) is 81.2 Å². The first-order chi connectivity index (χ1) is 29.3. The lowest BCUT2D eigenvalue weighted by molar-refractivity contribution is -0.141. The van der Waals surface area contributed by atoms with Crippen molar-refractivity contribution >= 4 is 106 Å². The number of imide groups is 2. The molecule has 0 aromatic heterocycles. The van der Waals surface area contributed by atoms with Crippen LogP contribution < -0.4 is 0 Å². The smallest absolute Gasteiger partial charge is 0.230 e. The van der Waals surface area contributed by atoms with E-state index in [0.717, 1.165) is 22.3 Å². The summed E-state index contributed by atoms with van der Waals surface area (Å²) in [5.41, 5.74) is 5.55. The summed E-state index contributed by atoms with van der Waals surface area (Å²) in [6.45, 7) is 0. The van der Waals surface area contributed by atoms with Gasteiger partial charge in [-0.3, -0.25) is 29.0 Å². The van der Waals surface area contributed by atoms with Crippen molar-refractivity contribution in [3.8, 4) is 0 Å². The minimum absolute atomic E-state index is 0.0850. The molecule has 0 spiro atoms. The Bertz CT molecular complexity index is 2030. The van der Waals surface area contributed by atoms with E-state index in [1.54, 1.807) is 0 Å². The highest BCUT2D eigenvalue weighted by Gasteiger charge is 2.43. The van der Waals surface area contributed by atoms with Crippen LogP contribution in [0.15, 0.2) is 146 Å². The predicted octanol–water partition coefficient (Wildman–Crippen LogP) is 10.7. The molecule has 306 valence electrons. The Morgan fingerprint density at radius 2 is 0.700 bits per heavy atom. The summed E-state index contributed by atoms with van der Waals surface area (Å²) in [6.07, 6.45) is 0.340. The first-order valence-electron chi connectivity index (χ1n) is 19.4. The van der Waals surface area contributed by atoms with Gasteiger partial charge in [-0.1, -0.05) is 170 Å². The van der Waals surface area contributed by atoms with Crippen LogP contribution in [0, 0.1) is 0 Å². The molecular formula is C46H42N4O4S6. The second-order valence-corrected chi connectivity index (χ2v) is 19.0. The molecule has 2 saturated heterocycles. The van der Waals surface area contributed by atoms with Gasteiger partial charge < -0.3 is 0 Å². The predicted molar refractivity (Wildman–Crippen MR) is 254 cm³/mol. The monoisotopic (exact) mass is 906 g/mol. The van der Waals surface area contributed by atoms with Crippen LogP contribution in [0.3, 0.4) is 0 Å². The molecule has 8 nitrogen and oxygen atoms in total. The zero-order valence-corrected chi connectivity index (χ0v) is 37.4. The average molecular weight is 907 g/mol. The third-order valence-electron chi connectivity index (χ3n) is 9.83. The van der Waals surface area contributed by atoms with Crippen molar-refractivity contribution in [1.29, 1.82) is 0 Å². The minimum Gasteiger partial charge on any atom is -0.274 e. The quantitative estimate of drug-likeness (QED) is 0.0477. The van der Waals surface area contributed by atoms with Gasteiger partial charge in [0.05, 0.1) is 0 Å². The van der Waals surface area contributed by atoms with Crippen LogP contribution in [0.4, 0.5) is 0 Å². The maximum Gasteiger partial charge on any atom is 0.230 e. The SMILES string of the molecule is O=C1CCC(=O)N1C(C(=S)N(SCc1ccccc1)SCc1ccccc1)c1cccc(C(C(=S)N(SCc2ccccc2)SCc2ccccc2)N2C(=O)CCC2=O)c1. The highest BCUT2D eigenvalue weighted by molar-refractivity contribution is 8.13. The maximum absolute atomic E-state index is 13.7. The fourth-order valence-corrected chi connectivity index (χ4v) is 11.9. The van der Waals surface area contributed by atoms with Crippen molar-refractivity contribution in [3.63, 3.8) is 0 Å². The third-order valence-corrected chi connectivity index (χ3v) is 15.9. The zero-order valence-electron chi connectivity index (χ0n) is 32.5. The van der Waals surface area contributed by atoms with Gasteiger partial charge in [0.2, 0.25) is 23.6 Å². The number of benzene rings is 5. The Morgan fingerprint density at radius 1 is 0.433 bits per heavy atom. The molecule has 5 aromatic rings. The minimum atomic E-state index is -0.941. The molecule has 0 radical (unpaired) electrons. The van der Waals surface area contributed by atoms with E-state index < -0.39 is 12.1 Å². The Kier molecular flexibility index (Phi) is 15.6. The van der Waals surface area contributed by atoms with Crippen LogP contribution in [0.5, 0.6) is 0 Å². The molecule has 0 N–H and O–H groups in total. The van der Waals surface area contributed by atoms with Gasteiger partial charge in [0.15, 0.2) is 0 Å². The van der Waals surface area contributed by atoms with Gasteiger partial charge in [-0.2, -0.15) is 0 Å². The highest BCUT2D eigenvalue weighted by atomic mass is 32.2. The second-order valence-electron chi connectivity index (χ2n) is 14.0. The molecule has 14 heteroatoms. The summed E-state index contributed by atoms with van der Waals surface area (Å²) in [4.78, 5) is 58.0. The Labute approximate surface area is 379 Å². The van der Waals surface area contributed by atoms with E-state index in [1.807, 2.05) is 153 Å². The zero-order chi connectivity index (χ0) is 41.8. The number of hydrogen-bond acceptors (Lipinski definition) is 10. The van der Waals surface area contributed by atoms with E-state index in [0.29, 0.717) is 44.1 Å². The van der Waals surface area contributed by atoms with Crippen molar-refractivity contribution in [3.05, 3.63) is 179 Å². The highest BCUT2D eigenvalue weighted by Crippen LogP contribution is 2.41. The van der Waals surface area contributed by atoms with E-state index in [-0.39, 0.29) is 49.3 Å². The molecule has 2 atom stereocenters. The Hall–Kier alpha value is -4.44. The van der Waals surface area contributed by atoms with Crippen LogP contribution in [-0.4, -0.2) is 50.8 Å². The number of carbonyl (C=O) groups excluding carboxylic acids is 4. The number of thiocarbonyl (C=S) groups is 2. The molecule has 60 heavy (non-hydrogen) atoms.